The van der Waals surface area contributed by atoms with Crippen molar-refractivity contribution in [3.63, 3.8) is 0 Å². The van der Waals surface area contributed by atoms with Gasteiger partial charge in [-0.1, -0.05) is 6.07 Å². The van der Waals surface area contributed by atoms with Gasteiger partial charge >= 0.3 is 11.9 Å². The van der Waals surface area contributed by atoms with Crippen LogP contribution in [0.25, 0.3) is 0 Å². The largest absolute Gasteiger partial charge is 0.478 e. The quantitative estimate of drug-likeness (QED) is 0.699. The summed E-state index contributed by atoms with van der Waals surface area (Å²) in [5.74, 6) is -2.39. The minimum Gasteiger partial charge on any atom is -0.478 e. The number of esters is 1. The molecule has 0 bridgehead atoms. The summed E-state index contributed by atoms with van der Waals surface area (Å²) >= 11 is 3.09. The lowest BCUT2D eigenvalue weighted by atomic mass is 10.2. The summed E-state index contributed by atoms with van der Waals surface area (Å²) < 4.78 is 30.9. The van der Waals surface area contributed by atoms with Crippen LogP contribution in [0.1, 0.15) is 23.7 Å². The minimum atomic E-state index is -3.87. The molecule has 1 aromatic rings. The molecule has 21 heavy (non-hydrogen) atoms. The number of hydrogen-bond acceptors (Lipinski definition) is 5. The third-order valence-electron chi connectivity index (χ3n) is 2.38. The summed E-state index contributed by atoms with van der Waals surface area (Å²) in [5.41, 5.74) is -0.266. The van der Waals surface area contributed by atoms with Crippen LogP contribution in [0, 0.1) is 0 Å². The Hall–Kier alpha value is -1.61. The molecule has 0 saturated heterocycles. The Labute approximate surface area is 130 Å². The van der Waals surface area contributed by atoms with Crippen molar-refractivity contribution in [2.24, 2.45) is 0 Å². The molecular formula is C12H14BrNO6S. The van der Waals surface area contributed by atoms with E-state index in [4.69, 9.17) is 5.11 Å². The van der Waals surface area contributed by atoms with Crippen LogP contribution in [0.5, 0.6) is 0 Å². The fourth-order valence-electron chi connectivity index (χ4n) is 1.46. The number of anilines is 1. The van der Waals surface area contributed by atoms with Gasteiger partial charge in [0.05, 0.1) is 30.0 Å². The Bertz CT molecular complexity index is 643. The molecule has 7 nitrogen and oxygen atoms in total. The lowest BCUT2D eigenvalue weighted by molar-refractivity contribution is -0.142. The summed E-state index contributed by atoms with van der Waals surface area (Å²) in [7, 11) is -3.87. The Kier molecular flexibility index (Phi) is 6.16. The third kappa shape index (κ3) is 5.35. The van der Waals surface area contributed by atoms with E-state index in [0.717, 1.165) is 0 Å². The maximum Gasteiger partial charge on any atom is 0.337 e. The van der Waals surface area contributed by atoms with Gasteiger partial charge < -0.3 is 9.84 Å². The van der Waals surface area contributed by atoms with Gasteiger partial charge in [0, 0.05) is 4.47 Å². The van der Waals surface area contributed by atoms with E-state index in [1.807, 2.05) is 0 Å². The van der Waals surface area contributed by atoms with Crippen molar-refractivity contribution in [1.82, 2.24) is 0 Å². The van der Waals surface area contributed by atoms with Crippen molar-refractivity contribution in [2.45, 2.75) is 13.3 Å². The van der Waals surface area contributed by atoms with Gasteiger partial charge in [-0.25, -0.2) is 13.2 Å². The molecule has 0 atom stereocenters. The van der Waals surface area contributed by atoms with E-state index in [-0.39, 0.29) is 24.3 Å². The predicted molar refractivity (Wildman–Crippen MR) is 79.8 cm³/mol. The molecule has 9 heteroatoms. The average molecular weight is 380 g/mol. The molecule has 0 aromatic heterocycles. The molecule has 0 radical (unpaired) electrons. The lowest BCUT2D eigenvalue weighted by Gasteiger charge is -2.12. The van der Waals surface area contributed by atoms with Gasteiger partial charge in [0.15, 0.2) is 0 Å². The van der Waals surface area contributed by atoms with Gasteiger partial charge in [-0.05, 0) is 35.0 Å². The number of nitrogens with one attached hydrogen (secondary N) is 1. The molecule has 0 spiro atoms. The normalized spacial score (nSPS) is 11.0. The SMILES string of the molecule is CCOC(=O)CCS(=O)(=O)Nc1c(Br)cccc1C(=O)O. The number of carbonyl (C=O) groups excluding carboxylic acids is 1. The first-order chi connectivity index (χ1) is 9.76. The van der Waals surface area contributed by atoms with Crippen molar-refractivity contribution in [3.05, 3.63) is 28.2 Å². The molecule has 2 N–H and O–H groups in total. The molecule has 1 aromatic carbocycles. The van der Waals surface area contributed by atoms with Gasteiger partial charge in [-0.15, -0.1) is 0 Å². The summed E-state index contributed by atoms with van der Waals surface area (Å²) in [5, 5.41) is 9.05. The summed E-state index contributed by atoms with van der Waals surface area (Å²) in [6.07, 6.45) is -0.309. The highest BCUT2D eigenvalue weighted by atomic mass is 79.9. The molecule has 0 saturated carbocycles. The molecule has 0 unspecified atom stereocenters. The predicted octanol–water partition coefficient (Wildman–Crippen LogP) is 1.84. The number of halogens is 1. The number of ether oxygens (including phenoxy) is 1. The van der Waals surface area contributed by atoms with Gasteiger partial charge in [-0.2, -0.15) is 0 Å². The number of hydrogen-bond donors (Lipinski definition) is 2. The zero-order chi connectivity index (χ0) is 16.0. The molecule has 1 rings (SSSR count). The zero-order valence-electron chi connectivity index (χ0n) is 11.1. The number of carboxylic acid groups (broad SMARTS) is 1. The molecule has 0 fully saturated rings. The van der Waals surface area contributed by atoms with Crippen LogP contribution in [0.2, 0.25) is 0 Å². The van der Waals surface area contributed by atoms with Gasteiger partial charge in [-0.3, -0.25) is 9.52 Å². The first kappa shape index (κ1) is 17.4. The number of para-hydroxylation sites is 1. The van der Waals surface area contributed by atoms with E-state index in [0.29, 0.717) is 4.47 Å². The number of benzene rings is 1. The second kappa shape index (κ2) is 7.41. The second-order valence-corrected chi connectivity index (χ2v) is 6.64. The maximum absolute atomic E-state index is 11.9. The highest BCUT2D eigenvalue weighted by Crippen LogP contribution is 2.27. The van der Waals surface area contributed by atoms with Crippen LogP contribution in [0.4, 0.5) is 5.69 Å². The molecule has 116 valence electrons. The molecule has 0 heterocycles. The van der Waals surface area contributed by atoms with Crippen molar-refractivity contribution in [2.75, 3.05) is 17.1 Å². The standard InChI is InChI=1S/C12H14BrNO6S/c1-2-20-10(15)6-7-21(18,19)14-11-8(12(16)17)4-3-5-9(11)13/h3-5,14H,2,6-7H2,1H3,(H,16,17). The topological polar surface area (TPSA) is 110 Å². The molecule has 0 aliphatic heterocycles. The molecule has 0 aliphatic carbocycles. The van der Waals surface area contributed by atoms with E-state index in [9.17, 15) is 18.0 Å². The van der Waals surface area contributed by atoms with Crippen molar-refractivity contribution >= 4 is 43.6 Å². The molecular weight excluding hydrogens is 366 g/mol. The number of sulfonamides is 1. The molecule has 0 amide bonds. The second-order valence-electron chi connectivity index (χ2n) is 3.94. The van der Waals surface area contributed by atoms with Crippen molar-refractivity contribution in [1.29, 1.82) is 0 Å². The summed E-state index contributed by atoms with van der Waals surface area (Å²) in [4.78, 5) is 22.2. The van der Waals surface area contributed by atoms with Crippen LogP contribution in [-0.4, -0.2) is 37.8 Å². The Balaban J connectivity index is 2.90. The monoisotopic (exact) mass is 379 g/mol. The van der Waals surface area contributed by atoms with E-state index in [2.05, 4.69) is 25.4 Å². The van der Waals surface area contributed by atoms with Crippen molar-refractivity contribution in [3.8, 4) is 0 Å². The van der Waals surface area contributed by atoms with E-state index in [1.165, 1.54) is 18.2 Å². The van der Waals surface area contributed by atoms with Gasteiger partial charge in [0.1, 0.15) is 0 Å². The van der Waals surface area contributed by atoms with Gasteiger partial charge in [0.25, 0.3) is 0 Å². The third-order valence-corrected chi connectivity index (χ3v) is 4.30. The highest BCUT2D eigenvalue weighted by Gasteiger charge is 2.20. The first-order valence-electron chi connectivity index (χ1n) is 5.94. The van der Waals surface area contributed by atoms with Gasteiger partial charge in [0.2, 0.25) is 10.0 Å². The Morgan fingerprint density at radius 2 is 2.05 bits per heavy atom. The minimum absolute atomic E-state index is 0.0751. The number of rotatable bonds is 7. The maximum atomic E-state index is 11.9. The van der Waals surface area contributed by atoms with E-state index >= 15 is 0 Å². The fraction of sp³-hybridized carbons (Fsp3) is 0.333. The van der Waals surface area contributed by atoms with E-state index in [1.54, 1.807) is 6.92 Å². The van der Waals surface area contributed by atoms with E-state index < -0.39 is 27.7 Å². The van der Waals surface area contributed by atoms with Crippen LogP contribution in [0.3, 0.4) is 0 Å². The summed E-state index contributed by atoms with van der Waals surface area (Å²) in [6, 6.07) is 4.26. The van der Waals surface area contributed by atoms with Crippen LogP contribution < -0.4 is 4.72 Å². The van der Waals surface area contributed by atoms with Crippen LogP contribution in [0.15, 0.2) is 22.7 Å². The highest BCUT2D eigenvalue weighted by molar-refractivity contribution is 9.10. The Morgan fingerprint density at radius 3 is 2.62 bits per heavy atom. The zero-order valence-corrected chi connectivity index (χ0v) is 13.5. The molecule has 0 aliphatic rings. The van der Waals surface area contributed by atoms with Crippen LogP contribution in [-0.2, 0) is 19.6 Å². The Morgan fingerprint density at radius 1 is 1.38 bits per heavy atom. The van der Waals surface area contributed by atoms with Crippen LogP contribution >= 0.6 is 15.9 Å². The fourth-order valence-corrected chi connectivity index (χ4v) is 3.13. The van der Waals surface area contributed by atoms with Crippen molar-refractivity contribution < 1.29 is 27.9 Å². The first-order valence-corrected chi connectivity index (χ1v) is 8.39. The smallest absolute Gasteiger partial charge is 0.337 e. The number of aromatic carboxylic acids is 1. The number of carboxylic acids is 1. The average Bonchev–Trinajstić information content (AvgIpc) is 2.39. The summed E-state index contributed by atoms with van der Waals surface area (Å²) in [6.45, 7) is 1.78. The number of carbonyl (C=O) groups is 2. The lowest BCUT2D eigenvalue weighted by Crippen LogP contribution is -2.21.